The molecule has 1 aliphatic rings. The first kappa shape index (κ1) is 14.1. The molecule has 1 N–H and O–H groups in total. The van der Waals surface area contributed by atoms with E-state index < -0.39 is 5.97 Å². The summed E-state index contributed by atoms with van der Waals surface area (Å²) in [5, 5.41) is 13.1. The number of aliphatic carboxylic acids is 1. The zero-order chi connectivity index (χ0) is 13.8. The van der Waals surface area contributed by atoms with Gasteiger partial charge in [-0.15, -0.1) is 0 Å². The van der Waals surface area contributed by atoms with Crippen LogP contribution in [0.25, 0.3) is 0 Å². The minimum Gasteiger partial charge on any atom is -0.481 e. The van der Waals surface area contributed by atoms with Crippen molar-refractivity contribution in [3.63, 3.8) is 0 Å². The van der Waals surface area contributed by atoms with Crippen molar-refractivity contribution >= 4 is 5.97 Å². The van der Waals surface area contributed by atoms with E-state index in [1.807, 2.05) is 18.7 Å². The Labute approximate surface area is 114 Å². The second-order valence-electron chi connectivity index (χ2n) is 5.58. The summed E-state index contributed by atoms with van der Waals surface area (Å²) in [6.45, 7) is 5.04. The first-order valence-electron chi connectivity index (χ1n) is 6.98. The predicted molar refractivity (Wildman–Crippen MR) is 72.8 cm³/mol. The summed E-state index contributed by atoms with van der Waals surface area (Å²) in [5.41, 5.74) is 2.29. The Hall–Kier alpha value is -1.36. The van der Waals surface area contributed by atoms with Gasteiger partial charge in [-0.3, -0.25) is 14.4 Å². The maximum Gasteiger partial charge on any atom is 0.303 e. The maximum atomic E-state index is 10.6. The average Bonchev–Trinajstić information content (AvgIpc) is 2.66. The van der Waals surface area contributed by atoms with Crippen molar-refractivity contribution in [2.75, 3.05) is 13.1 Å². The number of hydrogen-bond acceptors (Lipinski definition) is 3. The highest BCUT2D eigenvalue weighted by atomic mass is 16.4. The van der Waals surface area contributed by atoms with Gasteiger partial charge in [0.05, 0.1) is 11.4 Å². The lowest BCUT2D eigenvalue weighted by molar-refractivity contribution is -0.137. The van der Waals surface area contributed by atoms with Gasteiger partial charge in [-0.2, -0.15) is 5.10 Å². The van der Waals surface area contributed by atoms with Gasteiger partial charge in [0.15, 0.2) is 0 Å². The van der Waals surface area contributed by atoms with Crippen LogP contribution in [0.3, 0.4) is 0 Å². The molecule has 0 amide bonds. The van der Waals surface area contributed by atoms with Crippen LogP contribution in [-0.4, -0.2) is 38.8 Å². The summed E-state index contributed by atoms with van der Waals surface area (Å²) in [5.74, 6) is -0.154. The lowest BCUT2D eigenvalue weighted by atomic mass is 9.93. The lowest BCUT2D eigenvalue weighted by Gasteiger charge is -2.32. The van der Waals surface area contributed by atoms with Crippen molar-refractivity contribution in [1.29, 1.82) is 0 Å². The zero-order valence-electron chi connectivity index (χ0n) is 11.8. The molecule has 1 aromatic rings. The molecule has 1 aromatic heterocycles. The van der Waals surface area contributed by atoms with Crippen LogP contribution in [0.5, 0.6) is 0 Å². The number of carboxylic acid groups (broad SMARTS) is 1. The van der Waals surface area contributed by atoms with E-state index >= 15 is 0 Å². The summed E-state index contributed by atoms with van der Waals surface area (Å²) in [4.78, 5) is 13.1. The molecule has 0 bridgehead atoms. The third-order valence-electron chi connectivity index (χ3n) is 3.85. The van der Waals surface area contributed by atoms with Crippen molar-refractivity contribution in [3.05, 3.63) is 17.5 Å². The fraction of sp³-hybridized carbons (Fsp3) is 0.714. The van der Waals surface area contributed by atoms with Crippen molar-refractivity contribution in [2.45, 2.75) is 39.2 Å². The first-order chi connectivity index (χ1) is 9.04. The quantitative estimate of drug-likeness (QED) is 0.882. The predicted octanol–water partition coefficient (Wildman–Crippen LogP) is 1.81. The third kappa shape index (κ3) is 4.06. The molecule has 5 nitrogen and oxygen atoms in total. The number of piperidine rings is 1. The number of rotatable bonds is 5. The number of likely N-dealkylation sites (tertiary alicyclic amines) is 1. The summed E-state index contributed by atoms with van der Waals surface area (Å²) in [6.07, 6.45) is 3.43. The molecule has 19 heavy (non-hydrogen) atoms. The van der Waals surface area contributed by atoms with E-state index in [1.165, 1.54) is 12.1 Å². The normalized spacial score (nSPS) is 20.6. The number of hydrogen-bond donors (Lipinski definition) is 1. The van der Waals surface area contributed by atoms with Crippen LogP contribution in [0.4, 0.5) is 0 Å². The van der Waals surface area contributed by atoms with Crippen LogP contribution in [0.1, 0.15) is 37.1 Å². The molecule has 1 atom stereocenters. The number of nitrogens with zero attached hydrogens (tertiary/aromatic N) is 3. The SMILES string of the molecule is Cc1cc(CN2CCCC(CCC(=O)O)C2)n(C)n1. The summed E-state index contributed by atoms with van der Waals surface area (Å²) in [7, 11) is 1.98. The molecule has 1 fully saturated rings. The van der Waals surface area contributed by atoms with E-state index in [4.69, 9.17) is 5.11 Å². The standard InChI is InChI=1S/C14H23N3O2/c1-11-8-13(16(2)15-11)10-17-7-3-4-12(9-17)5-6-14(18)19/h8,12H,3-7,9-10H2,1-2H3,(H,18,19). The van der Waals surface area contributed by atoms with Gasteiger partial charge in [-0.05, 0) is 44.7 Å². The minimum absolute atomic E-state index is 0.295. The van der Waals surface area contributed by atoms with Gasteiger partial charge in [0, 0.05) is 26.6 Å². The van der Waals surface area contributed by atoms with E-state index in [-0.39, 0.29) is 0 Å². The molecular weight excluding hydrogens is 242 g/mol. The monoisotopic (exact) mass is 265 g/mol. The third-order valence-corrected chi connectivity index (χ3v) is 3.85. The van der Waals surface area contributed by atoms with Crippen LogP contribution in [0, 0.1) is 12.8 Å². The number of carboxylic acids is 1. The Morgan fingerprint density at radius 2 is 2.37 bits per heavy atom. The van der Waals surface area contributed by atoms with Gasteiger partial charge < -0.3 is 5.11 Å². The zero-order valence-corrected chi connectivity index (χ0v) is 11.8. The van der Waals surface area contributed by atoms with Gasteiger partial charge in [-0.25, -0.2) is 0 Å². The summed E-state index contributed by atoms with van der Waals surface area (Å²) in [6, 6.07) is 2.13. The van der Waals surface area contributed by atoms with Crippen molar-refractivity contribution in [3.8, 4) is 0 Å². The Bertz CT molecular complexity index is 442. The molecule has 106 valence electrons. The van der Waals surface area contributed by atoms with Gasteiger partial charge in [0.2, 0.25) is 0 Å². The molecule has 1 unspecified atom stereocenters. The molecule has 1 aliphatic heterocycles. The van der Waals surface area contributed by atoms with Gasteiger partial charge in [0.1, 0.15) is 0 Å². The number of aromatic nitrogens is 2. The van der Waals surface area contributed by atoms with Crippen LogP contribution in [-0.2, 0) is 18.4 Å². The van der Waals surface area contributed by atoms with E-state index in [1.54, 1.807) is 0 Å². The molecule has 0 saturated carbocycles. The fourth-order valence-corrected chi connectivity index (χ4v) is 2.90. The summed E-state index contributed by atoms with van der Waals surface area (Å²) < 4.78 is 1.94. The van der Waals surface area contributed by atoms with E-state index in [0.29, 0.717) is 12.3 Å². The van der Waals surface area contributed by atoms with Crippen molar-refractivity contribution in [1.82, 2.24) is 14.7 Å². The highest BCUT2D eigenvalue weighted by Crippen LogP contribution is 2.22. The second-order valence-corrected chi connectivity index (χ2v) is 5.58. The Morgan fingerprint density at radius 3 is 3.00 bits per heavy atom. The molecule has 0 spiro atoms. The fourth-order valence-electron chi connectivity index (χ4n) is 2.90. The van der Waals surface area contributed by atoms with Gasteiger partial charge >= 0.3 is 5.97 Å². The molecule has 0 aromatic carbocycles. The van der Waals surface area contributed by atoms with Crippen LogP contribution >= 0.6 is 0 Å². The Morgan fingerprint density at radius 1 is 1.58 bits per heavy atom. The van der Waals surface area contributed by atoms with E-state index in [0.717, 1.165) is 38.2 Å². The van der Waals surface area contributed by atoms with Gasteiger partial charge in [-0.1, -0.05) is 0 Å². The van der Waals surface area contributed by atoms with Crippen LogP contribution < -0.4 is 0 Å². The topological polar surface area (TPSA) is 58.4 Å². The maximum absolute atomic E-state index is 10.6. The molecule has 2 heterocycles. The highest BCUT2D eigenvalue weighted by Gasteiger charge is 2.21. The number of carbonyl (C=O) groups is 1. The molecule has 0 aliphatic carbocycles. The molecule has 1 saturated heterocycles. The summed E-state index contributed by atoms with van der Waals surface area (Å²) >= 11 is 0. The minimum atomic E-state index is -0.681. The van der Waals surface area contributed by atoms with Crippen LogP contribution in [0.2, 0.25) is 0 Å². The van der Waals surface area contributed by atoms with Crippen molar-refractivity contribution in [2.24, 2.45) is 13.0 Å². The number of aryl methyl sites for hydroxylation is 2. The molecule has 5 heteroatoms. The highest BCUT2D eigenvalue weighted by molar-refractivity contribution is 5.66. The van der Waals surface area contributed by atoms with Crippen molar-refractivity contribution < 1.29 is 9.90 Å². The van der Waals surface area contributed by atoms with Gasteiger partial charge in [0.25, 0.3) is 0 Å². The Kier molecular flexibility index (Phi) is 4.58. The van der Waals surface area contributed by atoms with E-state index in [2.05, 4.69) is 16.1 Å². The van der Waals surface area contributed by atoms with E-state index in [9.17, 15) is 4.79 Å². The smallest absolute Gasteiger partial charge is 0.303 e. The average molecular weight is 265 g/mol. The lowest BCUT2D eigenvalue weighted by Crippen LogP contribution is -2.35. The first-order valence-corrected chi connectivity index (χ1v) is 6.98. The molecular formula is C14H23N3O2. The molecule has 2 rings (SSSR count). The van der Waals surface area contributed by atoms with Crippen LogP contribution in [0.15, 0.2) is 6.07 Å². The molecule has 0 radical (unpaired) electrons. The second kappa shape index (κ2) is 6.19. The Balaban J connectivity index is 1.87. The largest absolute Gasteiger partial charge is 0.481 e.